The molecule has 0 bridgehead atoms. The van der Waals surface area contributed by atoms with E-state index in [4.69, 9.17) is 0 Å². The summed E-state index contributed by atoms with van der Waals surface area (Å²) in [7, 11) is 0. The summed E-state index contributed by atoms with van der Waals surface area (Å²) in [5, 5.41) is 10.5. The van der Waals surface area contributed by atoms with Gasteiger partial charge in [0.05, 0.1) is 0 Å². The lowest BCUT2D eigenvalue weighted by molar-refractivity contribution is 0.661. The summed E-state index contributed by atoms with van der Waals surface area (Å²) in [5.74, 6) is 0. The molecule has 0 saturated carbocycles. The van der Waals surface area contributed by atoms with Crippen molar-refractivity contribution in [3.8, 4) is 44.5 Å². The average molecular weight is 597 g/mol. The van der Waals surface area contributed by atoms with Crippen LogP contribution in [-0.2, 0) is 5.41 Å². The van der Waals surface area contributed by atoms with E-state index in [1.807, 2.05) is 0 Å². The molecule has 9 aromatic carbocycles. The zero-order valence-corrected chi connectivity index (χ0v) is 26.5. The number of hydrogen-bond donors (Lipinski definition) is 0. The van der Waals surface area contributed by atoms with E-state index in [1.165, 1.54) is 98.7 Å². The maximum atomic E-state index is 2.43. The first kappa shape index (κ1) is 26.5. The van der Waals surface area contributed by atoms with E-state index in [-0.39, 0.29) is 5.41 Å². The van der Waals surface area contributed by atoms with Crippen molar-refractivity contribution < 1.29 is 0 Å². The monoisotopic (exact) mass is 596 g/mol. The van der Waals surface area contributed by atoms with Crippen molar-refractivity contribution in [1.82, 2.24) is 0 Å². The van der Waals surface area contributed by atoms with Crippen LogP contribution in [0.1, 0.15) is 25.0 Å². The zero-order valence-electron chi connectivity index (χ0n) is 26.5. The normalized spacial score (nSPS) is 13.5. The quantitative estimate of drug-likeness (QED) is 0.178. The third-order valence-electron chi connectivity index (χ3n) is 10.8. The van der Waals surface area contributed by atoms with Crippen LogP contribution < -0.4 is 0 Å². The summed E-state index contributed by atoms with van der Waals surface area (Å²) < 4.78 is 0. The molecule has 0 N–H and O–H groups in total. The fourth-order valence-corrected chi connectivity index (χ4v) is 8.33. The van der Waals surface area contributed by atoms with Gasteiger partial charge in [-0.2, -0.15) is 0 Å². The molecule has 9 aromatic rings. The Kier molecular flexibility index (Phi) is 5.44. The van der Waals surface area contributed by atoms with Crippen LogP contribution in [0.5, 0.6) is 0 Å². The van der Waals surface area contributed by atoms with Crippen LogP contribution in [0, 0.1) is 0 Å². The van der Waals surface area contributed by atoms with E-state index in [2.05, 4.69) is 172 Å². The van der Waals surface area contributed by atoms with Gasteiger partial charge in [-0.15, -0.1) is 0 Å². The predicted molar refractivity (Wildman–Crippen MR) is 202 cm³/mol. The van der Waals surface area contributed by atoms with Crippen molar-refractivity contribution in [3.63, 3.8) is 0 Å². The molecule has 0 aliphatic heterocycles. The molecule has 1 aliphatic rings. The second kappa shape index (κ2) is 9.64. The molecule has 0 fully saturated rings. The maximum Gasteiger partial charge on any atom is 0.0159 e. The molecule has 47 heavy (non-hydrogen) atoms. The molecule has 0 heteroatoms. The molecule has 0 amide bonds. The summed E-state index contributed by atoms with van der Waals surface area (Å²) in [5.41, 5.74) is 13.0. The summed E-state index contributed by atoms with van der Waals surface area (Å²) in [4.78, 5) is 0. The van der Waals surface area contributed by atoms with Gasteiger partial charge in [0.1, 0.15) is 0 Å². The Labute approximate surface area is 274 Å². The van der Waals surface area contributed by atoms with Crippen LogP contribution in [0.4, 0.5) is 0 Å². The van der Waals surface area contributed by atoms with Crippen molar-refractivity contribution in [2.24, 2.45) is 0 Å². The summed E-state index contributed by atoms with van der Waals surface area (Å²) in [6.07, 6.45) is 0. The highest BCUT2D eigenvalue weighted by Crippen LogP contribution is 2.51. The summed E-state index contributed by atoms with van der Waals surface area (Å²) in [6, 6.07) is 59.0. The minimum Gasteiger partial charge on any atom is -0.0616 e. The van der Waals surface area contributed by atoms with E-state index in [1.54, 1.807) is 0 Å². The maximum absolute atomic E-state index is 2.43. The first-order valence-electron chi connectivity index (χ1n) is 16.6. The molecular weight excluding hydrogens is 565 g/mol. The molecule has 0 atom stereocenters. The lowest BCUT2D eigenvalue weighted by Gasteiger charge is -2.22. The predicted octanol–water partition coefficient (Wildman–Crippen LogP) is 13.0. The molecule has 0 radical (unpaired) electrons. The first-order valence-corrected chi connectivity index (χ1v) is 16.6. The van der Waals surface area contributed by atoms with Crippen LogP contribution in [0.3, 0.4) is 0 Å². The van der Waals surface area contributed by atoms with Gasteiger partial charge in [0, 0.05) is 5.41 Å². The highest BCUT2D eigenvalue weighted by Gasteiger charge is 2.35. The van der Waals surface area contributed by atoms with E-state index < -0.39 is 0 Å². The van der Waals surface area contributed by atoms with E-state index in [9.17, 15) is 0 Å². The Hall–Kier alpha value is -5.72. The Morgan fingerprint density at radius 1 is 0.319 bits per heavy atom. The van der Waals surface area contributed by atoms with Gasteiger partial charge in [-0.05, 0) is 129 Å². The van der Waals surface area contributed by atoms with Crippen LogP contribution in [0.2, 0.25) is 0 Å². The van der Waals surface area contributed by atoms with E-state index >= 15 is 0 Å². The smallest absolute Gasteiger partial charge is 0.0159 e. The average Bonchev–Trinajstić information content (AvgIpc) is 3.34. The Morgan fingerprint density at radius 2 is 0.830 bits per heavy atom. The van der Waals surface area contributed by atoms with Gasteiger partial charge in [-0.25, -0.2) is 0 Å². The first-order chi connectivity index (χ1) is 23.0. The topological polar surface area (TPSA) is 0 Å². The molecule has 10 rings (SSSR count). The number of hydrogen-bond acceptors (Lipinski definition) is 0. The molecule has 220 valence electrons. The van der Waals surface area contributed by atoms with Gasteiger partial charge in [-0.1, -0.05) is 141 Å². The fraction of sp³-hybridized carbons (Fsp3) is 0.0638. The molecule has 0 nitrogen and oxygen atoms in total. The minimum atomic E-state index is -0.0582. The van der Waals surface area contributed by atoms with Crippen LogP contribution in [-0.4, -0.2) is 0 Å². The highest BCUT2D eigenvalue weighted by atomic mass is 14.4. The largest absolute Gasteiger partial charge is 0.0616 e. The van der Waals surface area contributed by atoms with Gasteiger partial charge >= 0.3 is 0 Å². The Morgan fingerprint density at radius 3 is 1.57 bits per heavy atom. The number of rotatable bonds is 3. The van der Waals surface area contributed by atoms with Crippen LogP contribution in [0.15, 0.2) is 158 Å². The van der Waals surface area contributed by atoms with Gasteiger partial charge in [-0.3, -0.25) is 0 Å². The third kappa shape index (κ3) is 3.88. The molecule has 0 saturated heterocycles. The number of benzene rings is 9. The second-order valence-electron chi connectivity index (χ2n) is 13.8. The van der Waals surface area contributed by atoms with E-state index in [0.717, 1.165) is 0 Å². The van der Waals surface area contributed by atoms with Gasteiger partial charge < -0.3 is 0 Å². The zero-order chi connectivity index (χ0) is 31.3. The van der Waals surface area contributed by atoms with Gasteiger partial charge in [0.25, 0.3) is 0 Å². The van der Waals surface area contributed by atoms with Crippen molar-refractivity contribution in [2.75, 3.05) is 0 Å². The van der Waals surface area contributed by atoms with Gasteiger partial charge in [0.2, 0.25) is 0 Å². The molecule has 0 spiro atoms. The SMILES string of the molecule is CC1(C)c2cc(-c3cccc(-c4cccc(-c5ccc6ccc7cccc8ccc5c6c78)c4)c3)ccc2-c2cc3ccccc3cc21. The van der Waals surface area contributed by atoms with Gasteiger partial charge in [0.15, 0.2) is 0 Å². The van der Waals surface area contributed by atoms with Crippen LogP contribution in [0.25, 0.3) is 87.6 Å². The summed E-state index contributed by atoms with van der Waals surface area (Å²) in [6.45, 7) is 4.74. The standard InChI is InChI=1S/C47H32/c1-47(2)43-28-37(20-22-40(43)42-26-35-8-3-4-9-36(35)27-44(42)47)33-13-6-12-32(24-33)34-14-7-15-38(25-34)39-21-18-31-17-16-29-10-5-11-30-19-23-41(39)46(31)45(29)30/h3-28H,1-2H3. The van der Waals surface area contributed by atoms with Crippen LogP contribution >= 0.6 is 0 Å². The molecule has 0 unspecified atom stereocenters. The minimum absolute atomic E-state index is 0.0582. The Bertz CT molecular complexity index is 2690. The lowest BCUT2D eigenvalue weighted by atomic mass is 9.81. The lowest BCUT2D eigenvalue weighted by Crippen LogP contribution is -2.15. The molecule has 0 aromatic heterocycles. The highest BCUT2D eigenvalue weighted by molar-refractivity contribution is 6.25. The molecular formula is C47H32. The number of fused-ring (bicyclic) bond motifs is 4. The van der Waals surface area contributed by atoms with Crippen molar-refractivity contribution in [3.05, 3.63) is 169 Å². The Balaban J connectivity index is 1.06. The molecule has 1 aliphatic carbocycles. The third-order valence-corrected chi connectivity index (χ3v) is 10.8. The molecule has 0 heterocycles. The van der Waals surface area contributed by atoms with Crippen molar-refractivity contribution >= 4 is 43.1 Å². The van der Waals surface area contributed by atoms with E-state index in [0.29, 0.717) is 0 Å². The van der Waals surface area contributed by atoms with Crippen molar-refractivity contribution in [1.29, 1.82) is 0 Å². The van der Waals surface area contributed by atoms with Crippen molar-refractivity contribution in [2.45, 2.75) is 19.3 Å². The fourth-order valence-electron chi connectivity index (χ4n) is 8.33. The summed E-state index contributed by atoms with van der Waals surface area (Å²) >= 11 is 0. The second-order valence-corrected chi connectivity index (χ2v) is 13.8.